The number of piperidine rings is 1. The van der Waals surface area contributed by atoms with E-state index in [-0.39, 0.29) is 12.0 Å². The molecule has 0 aliphatic carbocycles. The van der Waals surface area contributed by atoms with E-state index in [0.717, 1.165) is 65.1 Å². The third kappa shape index (κ3) is 8.07. The fourth-order valence-corrected chi connectivity index (χ4v) is 6.02. The molecule has 0 radical (unpaired) electrons. The van der Waals surface area contributed by atoms with E-state index in [1.807, 2.05) is 77.7 Å². The van der Waals surface area contributed by atoms with Crippen LogP contribution in [0.5, 0.6) is 23.0 Å². The quantitative estimate of drug-likeness (QED) is 0.0801. The van der Waals surface area contributed by atoms with E-state index in [0.29, 0.717) is 26.4 Å². The Morgan fingerprint density at radius 3 is 2.09 bits per heavy atom. The molecule has 0 N–H and O–H groups in total. The van der Waals surface area contributed by atoms with Gasteiger partial charge in [-0.05, 0) is 55.2 Å². The van der Waals surface area contributed by atoms with Crippen molar-refractivity contribution in [3.8, 4) is 23.0 Å². The lowest BCUT2D eigenvalue weighted by atomic mass is 9.87. The Morgan fingerprint density at radius 1 is 0.791 bits per heavy atom. The standard InChI is InChI=1S/C35H39Cl2NO5/c1-39-32-22-26(34(40-2)31-13-7-6-12-30(31)32)24-43-33-23-38(35(36)37)19-18-29(33)25-14-16-28(17-15-25)42-21-9-8-20-41-27-10-4-3-5-11-27/h3-7,10-17,22,29,33,35H,8-9,18-21,23-24H2,1-2H3. The van der Waals surface area contributed by atoms with Gasteiger partial charge in [0.25, 0.3) is 0 Å². The summed E-state index contributed by atoms with van der Waals surface area (Å²) in [5.74, 6) is 3.52. The van der Waals surface area contributed by atoms with Crippen LogP contribution in [-0.2, 0) is 11.3 Å². The molecule has 1 fully saturated rings. The number of nitrogens with zero attached hydrogens (tertiary/aromatic N) is 1. The van der Waals surface area contributed by atoms with Crippen LogP contribution < -0.4 is 18.9 Å². The second-order valence-electron chi connectivity index (χ2n) is 10.6. The highest BCUT2D eigenvalue weighted by molar-refractivity contribution is 6.43. The van der Waals surface area contributed by atoms with E-state index in [9.17, 15) is 0 Å². The van der Waals surface area contributed by atoms with Crippen molar-refractivity contribution >= 4 is 34.0 Å². The van der Waals surface area contributed by atoms with Crippen molar-refractivity contribution in [2.45, 2.75) is 42.9 Å². The first-order valence-electron chi connectivity index (χ1n) is 14.7. The largest absolute Gasteiger partial charge is 0.496 e. The number of unbranched alkanes of at least 4 members (excludes halogenated alkanes) is 1. The maximum Gasteiger partial charge on any atom is 0.160 e. The molecule has 0 amide bonds. The van der Waals surface area contributed by atoms with Crippen LogP contribution in [-0.4, -0.2) is 56.5 Å². The number of methoxy groups -OCH3 is 2. The van der Waals surface area contributed by atoms with E-state index in [1.54, 1.807) is 14.2 Å². The molecule has 0 aromatic heterocycles. The Balaban J connectivity index is 1.21. The summed E-state index contributed by atoms with van der Waals surface area (Å²) in [6.07, 6.45) is 2.61. The number of likely N-dealkylation sites (tertiary alicyclic amines) is 1. The van der Waals surface area contributed by atoms with Gasteiger partial charge in [0.2, 0.25) is 0 Å². The number of halogens is 2. The molecule has 2 unspecified atom stereocenters. The van der Waals surface area contributed by atoms with Gasteiger partial charge in [0.15, 0.2) is 4.96 Å². The SMILES string of the molecule is COc1cc(COC2CN(C(Cl)Cl)CCC2c2ccc(OCCCCOc3ccccc3)cc2)c(OC)c2ccccc12. The molecule has 1 aliphatic rings. The summed E-state index contributed by atoms with van der Waals surface area (Å²) in [5, 5.41) is 1.99. The summed E-state index contributed by atoms with van der Waals surface area (Å²) in [7, 11) is 3.37. The number of para-hydroxylation sites is 1. The third-order valence-corrected chi connectivity index (χ3v) is 8.46. The number of fused-ring (bicyclic) bond motifs is 1. The molecule has 4 aromatic rings. The molecule has 0 bridgehead atoms. The van der Waals surface area contributed by atoms with E-state index < -0.39 is 4.96 Å². The molecule has 0 spiro atoms. The van der Waals surface area contributed by atoms with Crippen LogP contribution in [0.15, 0.2) is 84.9 Å². The first kappa shape index (κ1) is 31.3. The van der Waals surface area contributed by atoms with Crippen LogP contribution in [0.2, 0.25) is 0 Å². The predicted octanol–water partition coefficient (Wildman–Crippen LogP) is 8.23. The minimum atomic E-state index is -0.587. The molecule has 5 rings (SSSR count). The average Bonchev–Trinajstić information content (AvgIpc) is 3.05. The number of benzene rings is 4. The van der Waals surface area contributed by atoms with Gasteiger partial charge in [-0.25, -0.2) is 0 Å². The predicted molar refractivity (Wildman–Crippen MR) is 173 cm³/mol. The lowest BCUT2D eigenvalue weighted by Crippen LogP contribution is -2.45. The van der Waals surface area contributed by atoms with Crippen LogP contribution >= 0.6 is 23.2 Å². The average molecular weight is 625 g/mol. The molecule has 8 heteroatoms. The molecule has 0 saturated carbocycles. The highest BCUT2D eigenvalue weighted by Gasteiger charge is 2.33. The van der Waals surface area contributed by atoms with Crippen LogP contribution in [0.3, 0.4) is 0 Å². The van der Waals surface area contributed by atoms with Gasteiger partial charge in [-0.15, -0.1) is 0 Å². The van der Waals surface area contributed by atoms with Gasteiger partial charge in [0.1, 0.15) is 23.0 Å². The topological polar surface area (TPSA) is 49.4 Å². The number of alkyl halides is 2. The van der Waals surface area contributed by atoms with Gasteiger partial charge in [-0.2, -0.15) is 0 Å². The zero-order valence-electron chi connectivity index (χ0n) is 24.7. The van der Waals surface area contributed by atoms with Gasteiger partial charge in [0, 0.05) is 35.3 Å². The van der Waals surface area contributed by atoms with Crippen molar-refractivity contribution in [3.63, 3.8) is 0 Å². The van der Waals surface area contributed by atoms with Crippen LogP contribution in [0.25, 0.3) is 10.8 Å². The lowest BCUT2D eigenvalue weighted by molar-refractivity contribution is -0.0231. The van der Waals surface area contributed by atoms with Crippen molar-refractivity contribution in [1.82, 2.24) is 4.90 Å². The molecule has 1 aliphatic heterocycles. The summed E-state index contributed by atoms with van der Waals surface area (Å²) in [5.41, 5.74) is 2.14. The lowest BCUT2D eigenvalue weighted by Gasteiger charge is -2.39. The zero-order valence-corrected chi connectivity index (χ0v) is 26.2. The fraction of sp³-hybridized carbons (Fsp3) is 0.371. The molecule has 4 aromatic carbocycles. The zero-order chi connectivity index (χ0) is 30.0. The monoisotopic (exact) mass is 623 g/mol. The van der Waals surface area contributed by atoms with E-state index in [2.05, 4.69) is 12.1 Å². The molecular formula is C35H39Cl2NO5. The second-order valence-corrected chi connectivity index (χ2v) is 11.7. The Kier molecular flexibility index (Phi) is 11.3. The fourth-order valence-electron chi connectivity index (χ4n) is 5.66. The summed E-state index contributed by atoms with van der Waals surface area (Å²) >= 11 is 12.6. The number of rotatable bonds is 14. The third-order valence-electron chi connectivity index (χ3n) is 7.91. The molecule has 6 nitrogen and oxygen atoms in total. The highest BCUT2D eigenvalue weighted by Crippen LogP contribution is 2.39. The minimum Gasteiger partial charge on any atom is -0.496 e. The number of hydrogen-bond donors (Lipinski definition) is 0. The molecule has 1 heterocycles. The van der Waals surface area contributed by atoms with Gasteiger partial charge in [-0.3, -0.25) is 4.90 Å². The molecule has 2 atom stereocenters. The Labute approximate surface area is 264 Å². The summed E-state index contributed by atoms with van der Waals surface area (Å²) in [6.45, 7) is 3.10. The van der Waals surface area contributed by atoms with Crippen LogP contribution in [0.4, 0.5) is 0 Å². The molecule has 1 saturated heterocycles. The van der Waals surface area contributed by atoms with Crippen molar-refractivity contribution < 1.29 is 23.7 Å². The van der Waals surface area contributed by atoms with E-state index in [1.165, 1.54) is 5.56 Å². The number of hydrogen-bond acceptors (Lipinski definition) is 6. The van der Waals surface area contributed by atoms with Gasteiger partial charge in [-0.1, -0.05) is 77.8 Å². The summed E-state index contributed by atoms with van der Waals surface area (Å²) in [4.78, 5) is 1.46. The Morgan fingerprint density at radius 2 is 1.44 bits per heavy atom. The summed E-state index contributed by atoms with van der Waals surface area (Å²) in [6, 6.07) is 28.3. The van der Waals surface area contributed by atoms with Gasteiger partial charge >= 0.3 is 0 Å². The van der Waals surface area contributed by atoms with Gasteiger partial charge in [0.05, 0.1) is 40.1 Å². The van der Waals surface area contributed by atoms with Crippen LogP contribution in [0, 0.1) is 0 Å². The van der Waals surface area contributed by atoms with Crippen LogP contribution in [0.1, 0.15) is 36.3 Å². The molecule has 228 valence electrons. The second kappa shape index (κ2) is 15.5. The highest BCUT2D eigenvalue weighted by atomic mass is 35.5. The molecule has 43 heavy (non-hydrogen) atoms. The Bertz CT molecular complexity index is 1430. The van der Waals surface area contributed by atoms with Crippen molar-refractivity contribution in [1.29, 1.82) is 0 Å². The number of ether oxygens (including phenoxy) is 5. The van der Waals surface area contributed by atoms with E-state index >= 15 is 0 Å². The molecular weight excluding hydrogens is 585 g/mol. The maximum atomic E-state index is 6.63. The van der Waals surface area contributed by atoms with Crippen molar-refractivity contribution in [2.75, 3.05) is 40.5 Å². The van der Waals surface area contributed by atoms with Crippen molar-refractivity contribution in [3.05, 3.63) is 96.1 Å². The summed E-state index contributed by atoms with van der Waals surface area (Å²) < 4.78 is 30.0. The first-order chi connectivity index (χ1) is 21.1. The van der Waals surface area contributed by atoms with E-state index in [4.69, 9.17) is 46.9 Å². The first-order valence-corrected chi connectivity index (χ1v) is 15.6. The van der Waals surface area contributed by atoms with Crippen molar-refractivity contribution in [2.24, 2.45) is 0 Å². The minimum absolute atomic E-state index is 0.118. The maximum absolute atomic E-state index is 6.63. The smallest absolute Gasteiger partial charge is 0.160 e. The normalized spacial score (nSPS) is 17.2. The Hall–Kier alpha value is -3.16. The van der Waals surface area contributed by atoms with Gasteiger partial charge < -0.3 is 23.7 Å².